The number of halogens is 1. The molecular formula is C28H37ClN2O5S. The number of thioether (sulfide) groups is 1. The Hall–Kier alpha value is -2.03. The standard InChI is InChI=1S/C28H37ClN2O5S/c1-7-12-30(23-16(5)10-9-11-18(23)29)26(34)24-28-17(6)13-20(37-28)21(27(35)36-8-2)22(28)25(33)31(24)19(14-32)15(3)4/h7,9-11,15,17,19-22,24,32H,1,8,12-14H2,2-6H3/t17?,19-,20+,21-,22-,24?,28?/m0/s1. The molecule has 3 aliphatic heterocycles. The van der Waals surface area contributed by atoms with Gasteiger partial charge in [0.05, 0.1) is 46.5 Å². The zero-order valence-corrected chi connectivity index (χ0v) is 23.7. The second kappa shape index (κ2) is 10.6. The van der Waals surface area contributed by atoms with Gasteiger partial charge in [-0.05, 0) is 43.7 Å². The number of rotatable bonds is 9. The molecule has 37 heavy (non-hydrogen) atoms. The summed E-state index contributed by atoms with van der Waals surface area (Å²) < 4.78 is 4.61. The third kappa shape index (κ3) is 4.20. The first-order valence-corrected chi connectivity index (χ1v) is 14.3. The third-order valence-corrected chi connectivity index (χ3v) is 10.7. The number of fused-ring (bicyclic) bond motifs is 1. The Morgan fingerprint density at radius 1 is 1.41 bits per heavy atom. The lowest BCUT2D eigenvalue weighted by Crippen LogP contribution is -2.60. The molecule has 1 aromatic rings. The maximum Gasteiger partial charge on any atom is 0.310 e. The number of aryl methyl sites for hydroxylation is 1. The van der Waals surface area contributed by atoms with Gasteiger partial charge in [-0.25, -0.2) is 0 Å². The lowest BCUT2D eigenvalue weighted by Gasteiger charge is -2.43. The van der Waals surface area contributed by atoms with E-state index in [0.717, 1.165) is 5.56 Å². The number of benzene rings is 1. The molecule has 9 heteroatoms. The molecule has 202 valence electrons. The predicted octanol–water partition coefficient (Wildman–Crippen LogP) is 4.08. The van der Waals surface area contributed by atoms with Crippen molar-refractivity contribution in [3.63, 3.8) is 0 Å². The van der Waals surface area contributed by atoms with Crippen LogP contribution >= 0.6 is 23.4 Å². The van der Waals surface area contributed by atoms with Crippen molar-refractivity contribution in [3.8, 4) is 0 Å². The van der Waals surface area contributed by atoms with E-state index in [0.29, 0.717) is 17.1 Å². The number of anilines is 1. The summed E-state index contributed by atoms with van der Waals surface area (Å²) in [4.78, 5) is 45.4. The fourth-order valence-electron chi connectivity index (χ4n) is 6.76. The molecule has 3 fully saturated rings. The highest BCUT2D eigenvalue weighted by molar-refractivity contribution is 8.02. The molecule has 2 amide bonds. The molecule has 7 atom stereocenters. The number of nitrogens with zero attached hydrogens (tertiary/aromatic N) is 2. The zero-order chi connectivity index (χ0) is 27.2. The van der Waals surface area contributed by atoms with E-state index in [4.69, 9.17) is 16.3 Å². The van der Waals surface area contributed by atoms with Crippen LogP contribution in [-0.4, -0.2) is 69.6 Å². The van der Waals surface area contributed by atoms with Crippen LogP contribution in [-0.2, 0) is 19.1 Å². The van der Waals surface area contributed by atoms with E-state index >= 15 is 0 Å². The van der Waals surface area contributed by atoms with Crippen LogP contribution in [0.5, 0.6) is 0 Å². The van der Waals surface area contributed by atoms with Crippen molar-refractivity contribution in [2.75, 3.05) is 24.7 Å². The van der Waals surface area contributed by atoms with Gasteiger partial charge in [-0.2, -0.15) is 0 Å². The molecule has 7 nitrogen and oxygen atoms in total. The molecular weight excluding hydrogens is 512 g/mol. The minimum absolute atomic E-state index is 0.00510. The Morgan fingerprint density at radius 2 is 2.11 bits per heavy atom. The highest BCUT2D eigenvalue weighted by Crippen LogP contribution is 2.69. The molecule has 1 spiro atoms. The van der Waals surface area contributed by atoms with E-state index in [1.54, 1.807) is 40.6 Å². The SMILES string of the molecule is C=CCN(C(=O)C1N([C@@H](CO)C(C)C)C(=O)[C@@H]2[C@@H](C(=O)OCC)[C@H]3CC(C)C12S3)c1c(C)cccc1Cl. The van der Waals surface area contributed by atoms with Gasteiger partial charge in [-0.3, -0.25) is 14.4 Å². The van der Waals surface area contributed by atoms with E-state index in [1.807, 2.05) is 32.9 Å². The summed E-state index contributed by atoms with van der Waals surface area (Å²) in [6.07, 6.45) is 2.36. The Bertz CT molecular complexity index is 1080. The van der Waals surface area contributed by atoms with Crippen LogP contribution < -0.4 is 4.90 Å². The van der Waals surface area contributed by atoms with Crippen molar-refractivity contribution in [1.82, 2.24) is 4.90 Å². The van der Waals surface area contributed by atoms with Gasteiger partial charge in [0.1, 0.15) is 6.04 Å². The summed E-state index contributed by atoms with van der Waals surface area (Å²) in [5.74, 6) is -2.30. The van der Waals surface area contributed by atoms with Crippen molar-refractivity contribution in [3.05, 3.63) is 41.4 Å². The van der Waals surface area contributed by atoms with Gasteiger partial charge < -0.3 is 19.6 Å². The lowest BCUT2D eigenvalue weighted by molar-refractivity contribution is -0.154. The number of esters is 1. The van der Waals surface area contributed by atoms with Crippen LogP contribution in [0.4, 0.5) is 5.69 Å². The average Bonchev–Trinajstić information content (AvgIpc) is 3.42. The maximum absolute atomic E-state index is 14.7. The molecule has 3 heterocycles. The Morgan fingerprint density at radius 3 is 2.68 bits per heavy atom. The Balaban J connectivity index is 1.91. The topological polar surface area (TPSA) is 87.2 Å². The van der Waals surface area contributed by atoms with Gasteiger partial charge in [0, 0.05) is 11.8 Å². The van der Waals surface area contributed by atoms with Crippen LogP contribution in [0.25, 0.3) is 0 Å². The molecule has 0 aromatic heterocycles. The number of hydrogen-bond acceptors (Lipinski definition) is 6. The van der Waals surface area contributed by atoms with E-state index in [1.165, 1.54) is 0 Å². The second-order valence-corrected chi connectivity index (χ2v) is 12.6. The van der Waals surface area contributed by atoms with Crippen molar-refractivity contribution < 1.29 is 24.2 Å². The second-order valence-electron chi connectivity index (χ2n) is 10.7. The van der Waals surface area contributed by atoms with E-state index in [9.17, 15) is 19.5 Å². The Kier molecular flexibility index (Phi) is 8.03. The normalized spacial score (nSPS) is 31.0. The number of carbonyl (C=O) groups excluding carboxylic acids is 3. The smallest absolute Gasteiger partial charge is 0.310 e. The monoisotopic (exact) mass is 548 g/mol. The highest BCUT2D eigenvalue weighted by atomic mass is 35.5. The predicted molar refractivity (Wildman–Crippen MR) is 147 cm³/mol. The first-order chi connectivity index (χ1) is 17.6. The summed E-state index contributed by atoms with van der Waals surface area (Å²) in [6, 6.07) is 4.02. The summed E-state index contributed by atoms with van der Waals surface area (Å²) in [7, 11) is 0. The molecule has 4 rings (SSSR count). The van der Waals surface area contributed by atoms with E-state index in [2.05, 4.69) is 13.5 Å². The van der Waals surface area contributed by atoms with Gasteiger partial charge in [0.2, 0.25) is 5.91 Å². The van der Waals surface area contributed by atoms with Gasteiger partial charge >= 0.3 is 5.97 Å². The number of aliphatic hydroxyl groups is 1. The summed E-state index contributed by atoms with van der Waals surface area (Å²) in [5, 5.41) is 10.8. The Labute approximate surface area is 228 Å². The molecule has 1 N–H and O–H groups in total. The highest BCUT2D eigenvalue weighted by Gasteiger charge is 2.77. The maximum atomic E-state index is 14.7. The molecule has 3 saturated heterocycles. The van der Waals surface area contributed by atoms with Crippen molar-refractivity contribution >= 4 is 46.8 Å². The van der Waals surface area contributed by atoms with Crippen LogP contribution in [0.2, 0.25) is 5.02 Å². The number of ether oxygens (including phenoxy) is 1. The molecule has 0 saturated carbocycles. The van der Waals surface area contributed by atoms with Crippen LogP contribution in [0.15, 0.2) is 30.9 Å². The number of para-hydroxylation sites is 1. The minimum Gasteiger partial charge on any atom is -0.466 e. The van der Waals surface area contributed by atoms with E-state index < -0.39 is 28.7 Å². The van der Waals surface area contributed by atoms with Crippen LogP contribution in [0.3, 0.4) is 0 Å². The molecule has 3 unspecified atom stereocenters. The quantitative estimate of drug-likeness (QED) is 0.369. The largest absolute Gasteiger partial charge is 0.466 e. The molecule has 2 bridgehead atoms. The molecule has 3 aliphatic rings. The van der Waals surface area contributed by atoms with Crippen LogP contribution in [0, 0.1) is 30.6 Å². The van der Waals surface area contributed by atoms with Crippen molar-refractivity contribution in [2.24, 2.45) is 23.7 Å². The number of aliphatic hydroxyl groups excluding tert-OH is 1. The zero-order valence-electron chi connectivity index (χ0n) is 22.1. The van der Waals surface area contributed by atoms with Gasteiger partial charge in [0.25, 0.3) is 5.91 Å². The fraction of sp³-hybridized carbons (Fsp3) is 0.607. The average molecular weight is 549 g/mol. The third-order valence-electron chi connectivity index (χ3n) is 8.33. The number of amides is 2. The van der Waals surface area contributed by atoms with Crippen LogP contribution in [0.1, 0.15) is 39.7 Å². The number of carbonyl (C=O) groups is 3. The lowest BCUT2D eigenvalue weighted by atomic mass is 9.66. The van der Waals surface area contributed by atoms with E-state index in [-0.39, 0.29) is 54.6 Å². The minimum atomic E-state index is -0.871. The van der Waals surface area contributed by atoms with Crippen molar-refractivity contribution in [1.29, 1.82) is 0 Å². The first-order valence-electron chi connectivity index (χ1n) is 13.0. The summed E-state index contributed by atoms with van der Waals surface area (Å²) >= 11 is 8.21. The molecule has 1 aromatic carbocycles. The number of hydrogen-bond donors (Lipinski definition) is 1. The molecule has 0 radical (unpaired) electrons. The molecule has 0 aliphatic carbocycles. The fourth-order valence-corrected chi connectivity index (χ4v) is 9.47. The number of likely N-dealkylation sites (tertiary alicyclic amines) is 1. The first kappa shape index (κ1) is 28.0. The van der Waals surface area contributed by atoms with Gasteiger partial charge in [-0.15, -0.1) is 18.3 Å². The van der Waals surface area contributed by atoms with Gasteiger partial charge in [-0.1, -0.05) is 50.6 Å². The van der Waals surface area contributed by atoms with Crippen molar-refractivity contribution in [2.45, 2.75) is 63.1 Å². The summed E-state index contributed by atoms with van der Waals surface area (Å²) in [5.41, 5.74) is 1.41. The van der Waals surface area contributed by atoms with Gasteiger partial charge in [0.15, 0.2) is 0 Å². The summed E-state index contributed by atoms with van der Waals surface area (Å²) in [6.45, 7) is 13.6.